The zero-order valence-corrected chi connectivity index (χ0v) is 8.42. The van der Waals surface area contributed by atoms with Crippen LogP contribution in [0.25, 0.3) is 0 Å². The molecule has 0 saturated carbocycles. The molecule has 88 valence electrons. The molecule has 0 aliphatic rings. The fourth-order valence-corrected chi connectivity index (χ4v) is 1.18. The van der Waals surface area contributed by atoms with E-state index < -0.39 is 18.6 Å². The van der Waals surface area contributed by atoms with Crippen molar-refractivity contribution in [2.75, 3.05) is 6.61 Å². The van der Waals surface area contributed by atoms with E-state index in [0.29, 0.717) is 5.56 Å². The van der Waals surface area contributed by atoms with E-state index in [1.165, 1.54) is 12.1 Å². The van der Waals surface area contributed by atoms with Gasteiger partial charge < -0.3 is 20.4 Å². The van der Waals surface area contributed by atoms with Crippen molar-refractivity contribution >= 4 is 5.97 Å². The highest BCUT2D eigenvalue weighted by Crippen LogP contribution is 2.27. The van der Waals surface area contributed by atoms with Gasteiger partial charge >= 0.3 is 5.97 Å². The van der Waals surface area contributed by atoms with Crippen molar-refractivity contribution in [2.45, 2.75) is 12.6 Å². The van der Waals surface area contributed by atoms with Crippen LogP contribution in [0.2, 0.25) is 0 Å². The van der Waals surface area contributed by atoms with Crippen LogP contribution in [0.15, 0.2) is 18.2 Å². The van der Waals surface area contributed by atoms with Crippen molar-refractivity contribution < 1.29 is 25.2 Å². The first kappa shape index (κ1) is 12.3. The van der Waals surface area contributed by atoms with E-state index in [1.807, 2.05) is 0 Å². The molecular weight excluding hydrogens is 214 g/mol. The molecule has 0 aromatic heterocycles. The molecule has 0 heterocycles. The number of aliphatic hydroxyl groups excluding tert-OH is 1. The number of rotatable bonds is 5. The number of carbonyl (C=O) groups is 1. The van der Waals surface area contributed by atoms with Gasteiger partial charge in [-0.25, -0.2) is 0 Å². The zero-order chi connectivity index (χ0) is 12.1. The molecule has 6 heteroatoms. The van der Waals surface area contributed by atoms with Crippen LogP contribution in [-0.2, 0) is 11.3 Å². The summed E-state index contributed by atoms with van der Waals surface area (Å²) in [6.45, 7) is -0.507. The number of phenols is 2. The molecule has 0 unspecified atom stereocenters. The van der Waals surface area contributed by atoms with Gasteiger partial charge in [0.1, 0.15) is 6.04 Å². The maximum Gasteiger partial charge on any atom is 0.323 e. The lowest BCUT2D eigenvalue weighted by Gasteiger charge is -2.12. The van der Waals surface area contributed by atoms with Crippen LogP contribution in [0.4, 0.5) is 0 Å². The zero-order valence-electron chi connectivity index (χ0n) is 8.42. The second-order valence-corrected chi connectivity index (χ2v) is 3.24. The molecule has 0 radical (unpaired) electrons. The minimum absolute atomic E-state index is 0.0394. The van der Waals surface area contributed by atoms with Gasteiger partial charge in [-0.05, 0) is 6.07 Å². The number of nitrogens with one attached hydrogen (secondary N) is 1. The summed E-state index contributed by atoms with van der Waals surface area (Å²) in [5.41, 5.74) is 0.361. The topological polar surface area (TPSA) is 110 Å². The van der Waals surface area contributed by atoms with E-state index >= 15 is 0 Å². The lowest BCUT2D eigenvalue weighted by Crippen LogP contribution is -2.39. The largest absolute Gasteiger partial charge is 0.504 e. The molecular formula is C10H13NO5. The summed E-state index contributed by atoms with van der Waals surface area (Å²) in [6.07, 6.45) is 0. The van der Waals surface area contributed by atoms with E-state index in [-0.39, 0.29) is 18.0 Å². The first-order valence-electron chi connectivity index (χ1n) is 4.63. The second kappa shape index (κ2) is 5.34. The summed E-state index contributed by atoms with van der Waals surface area (Å²) in [5.74, 6) is -1.74. The summed E-state index contributed by atoms with van der Waals surface area (Å²) in [5, 5.41) is 38.5. The van der Waals surface area contributed by atoms with Crippen LogP contribution in [0, 0.1) is 0 Å². The summed E-state index contributed by atoms with van der Waals surface area (Å²) >= 11 is 0. The highest BCUT2D eigenvalue weighted by molar-refractivity contribution is 5.73. The van der Waals surface area contributed by atoms with Crippen LogP contribution >= 0.6 is 0 Å². The molecule has 0 fully saturated rings. The van der Waals surface area contributed by atoms with Crippen molar-refractivity contribution in [3.05, 3.63) is 23.8 Å². The van der Waals surface area contributed by atoms with Crippen LogP contribution in [0.5, 0.6) is 11.5 Å². The van der Waals surface area contributed by atoms with E-state index in [4.69, 9.17) is 10.2 Å². The Balaban J connectivity index is 2.67. The molecule has 0 aliphatic heterocycles. The smallest absolute Gasteiger partial charge is 0.323 e. The van der Waals surface area contributed by atoms with E-state index in [2.05, 4.69) is 5.32 Å². The number of carboxylic acid groups (broad SMARTS) is 1. The van der Waals surface area contributed by atoms with Gasteiger partial charge in [0.2, 0.25) is 0 Å². The lowest BCUT2D eigenvalue weighted by molar-refractivity contribution is -0.140. The maximum atomic E-state index is 10.6. The Bertz CT molecular complexity index is 379. The minimum atomic E-state index is -1.18. The molecule has 0 saturated heterocycles. The molecule has 5 N–H and O–H groups in total. The van der Waals surface area contributed by atoms with Gasteiger partial charge in [-0.3, -0.25) is 10.1 Å². The average molecular weight is 227 g/mol. The van der Waals surface area contributed by atoms with Gasteiger partial charge in [-0.2, -0.15) is 0 Å². The highest BCUT2D eigenvalue weighted by Gasteiger charge is 2.16. The third kappa shape index (κ3) is 2.85. The van der Waals surface area contributed by atoms with E-state index in [9.17, 15) is 15.0 Å². The molecule has 16 heavy (non-hydrogen) atoms. The predicted octanol–water partition coefficient (Wildman–Crippen LogP) is -0.367. The second-order valence-electron chi connectivity index (χ2n) is 3.24. The Morgan fingerprint density at radius 3 is 2.62 bits per heavy atom. The SMILES string of the molecule is O=C(O)[C@H](CO)NCc1cccc(O)c1O. The molecule has 0 amide bonds. The number of hydrogen-bond donors (Lipinski definition) is 5. The van der Waals surface area contributed by atoms with Crippen molar-refractivity contribution in [1.82, 2.24) is 5.32 Å². The van der Waals surface area contributed by atoms with Crippen LogP contribution < -0.4 is 5.32 Å². The minimum Gasteiger partial charge on any atom is -0.504 e. The van der Waals surface area contributed by atoms with Gasteiger partial charge in [0.15, 0.2) is 11.5 Å². The van der Waals surface area contributed by atoms with Gasteiger partial charge in [0.05, 0.1) is 6.61 Å². The normalized spacial score (nSPS) is 12.3. The quantitative estimate of drug-likeness (QED) is 0.439. The van der Waals surface area contributed by atoms with Crippen LogP contribution in [0.3, 0.4) is 0 Å². The predicted molar refractivity (Wildman–Crippen MR) is 55.1 cm³/mol. The molecule has 1 rings (SSSR count). The molecule has 1 aromatic carbocycles. The van der Waals surface area contributed by atoms with Gasteiger partial charge in [0.25, 0.3) is 0 Å². The maximum absolute atomic E-state index is 10.6. The molecule has 0 aliphatic carbocycles. The van der Waals surface area contributed by atoms with Crippen LogP contribution in [-0.4, -0.2) is 39.0 Å². The molecule has 6 nitrogen and oxygen atoms in total. The van der Waals surface area contributed by atoms with Gasteiger partial charge in [0, 0.05) is 12.1 Å². The Kier molecular flexibility index (Phi) is 4.10. The average Bonchev–Trinajstić information content (AvgIpc) is 2.24. The van der Waals surface area contributed by atoms with E-state index in [1.54, 1.807) is 6.07 Å². The number of aliphatic hydroxyl groups is 1. The fraction of sp³-hybridized carbons (Fsp3) is 0.300. The Labute approximate surface area is 91.8 Å². The standard InChI is InChI=1S/C10H13NO5/c12-5-7(10(15)16)11-4-6-2-1-3-8(13)9(6)14/h1-3,7,11-14H,4-5H2,(H,15,16)/t7-/m0/s1. The number of aliphatic carboxylic acids is 1. The number of aromatic hydroxyl groups is 2. The summed E-state index contributed by atoms with van der Waals surface area (Å²) in [6, 6.07) is 3.29. The lowest BCUT2D eigenvalue weighted by atomic mass is 10.1. The number of para-hydroxylation sites is 1. The monoisotopic (exact) mass is 227 g/mol. The van der Waals surface area contributed by atoms with Crippen LogP contribution in [0.1, 0.15) is 5.56 Å². The fourth-order valence-electron chi connectivity index (χ4n) is 1.18. The number of phenolic OH excluding ortho intramolecular Hbond substituents is 2. The molecule has 0 spiro atoms. The van der Waals surface area contributed by atoms with E-state index in [0.717, 1.165) is 0 Å². The van der Waals surface area contributed by atoms with Crippen molar-refractivity contribution in [1.29, 1.82) is 0 Å². The summed E-state index contributed by atoms with van der Waals surface area (Å²) < 4.78 is 0. The van der Waals surface area contributed by atoms with Gasteiger partial charge in [-0.1, -0.05) is 12.1 Å². The number of hydrogen-bond acceptors (Lipinski definition) is 5. The number of carboxylic acids is 1. The molecule has 0 bridgehead atoms. The van der Waals surface area contributed by atoms with Gasteiger partial charge in [-0.15, -0.1) is 0 Å². The van der Waals surface area contributed by atoms with Crippen molar-refractivity contribution in [3.63, 3.8) is 0 Å². The first-order valence-corrected chi connectivity index (χ1v) is 4.63. The highest BCUT2D eigenvalue weighted by atomic mass is 16.4. The van der Waals surface area contributed by atoms with Crippen molar-refractivity contribution in [2.24, 2.45) is 0 Å². The Hall–Kier alpha value is -1.79. The van der Waals surface area contributed by atoms with Crippen molar-refractivity contribution in [3.8, 4) is 11.5 Å². The third-order valence-electron chi connectivity index (χ3n) is 2.12. The third-order valence-corrected chi connectivity index (χ3v) is 2.12. The number of benzene rings is 1. The summed E-state index contributed by atoms with van der Waals surface area (Å²) in [4.78, 5) is 10.6. The molecule has 1 aromatic rings. The first-order chi connectivity index (χ1) is 7.56. The Morgan fingerprint density at radius 1 is 1.38 bits per heavy atom. The Morgan fingerprint density at radius 2 is 2.06 bits per heavy atom. The molecule has 1 atom stereocenters. The summed E-state index contributed by atoms with van der Waals surface area (Å²) in [7, 11) is 0.